The number of fused-ring (bicyclic) bond motifs is 1. The third-order valence-corrected chi connectivity index (χ3v) is 11.7. The summed E-state index contributed by atoms with van der Waals surface area (Å²) in [6, 6.07) is 5.89. The SMILES string of the molecule is CC(C)N(CC(F)F)C1(c2cc(F)ccc2Oc2cncnc2N2CC3(CC(Oc4ccnc5c4CN(CCCN4CCN(C)CC4)CC5)C3)C2)CO1. The lowest BCUT2D eigenvalue weighted by molar-refractivity contribution is -0.0353. The van der Waals surface area contributed by atoms with Crippen molar-refractivity contribution >= 4 is 5.82 Å². The van der Waals surface area contributed by atoms with Gasteiger partial charge in [0.1, 0.15) is 29.7 Å². The number of hydrogen-bond acceptors (Lipinski definition) is 11. The van der Waals surface area contributed by atoms with E-state index in [0.717, 1.165) is 96.2 Å². The van der Waals surface area contributed by atoms with Crippen LogP contribution in [0.15, 0.2) is 43.0 Å². The number of anilines is 1. The average molecular weight is 737 g/mol. The number of halogens is 3. The van der Waals surface area contributed by atoms with Crippen molar-refractivity contribution in [3.8, 4) is 17.2 Å². The zero-order valence-corrected chi connectivity index (χ0v) is 31.0. The summed E-state index contributed by atoms with van der Waals surface area (Å²) >= 11 is 0. The number of likely N-dealkylation sites (N-methyl/N-ethyl adjacent to an activating group) is 1. The van der Waals surface area contributed by atoms with Gasteiger partial charge in [0, 0.05) is 93.3 Å². The molecule has 1 spiro atoms. The van der Waals surface area contributed by atoms with Gasteiger partial charge in [0.05, 0.1) is 19.3 Å². The van der Waals surface area contributed by atoms with E-state index in [-0.39, 0.29) is 24.2 Å². The highest BCUT2D eigenvalue weighted by molar-refractivity contribution is 5.56. The summed E-state index contributed by atoms with van der Waals surface area (Å²) in [6.45, 7) is 13.7. The first-order chi connectivity index (χ1) is 25.6. The molecule has 0 radical (unpaired) electrons. The molecule has 2 aromatic heterocycles. The van der Waals surface area contributed by atoms with Crippen LogP contribution >= 0.6 is 0 Å². The number of pyridine rings is 1. The van der Waals surface area contributed by atoms with Crippen LogP contribution in [0.3, 0.4) is 0 Å². The van der Waals surface area contributed by atoms with E-state index < -0.39 is 24.5 Å². The zero-order chi connectivity index (χ0) is 36.7. The molecule has 4 aliphatic heterocycles. The van der Waals surface area contributed by atoms with Crippen LogP contribution in [0, 0.1) is 11.2 Å². The Bertz CT molecular complexity index is 1740. The van der Waals surface area contributed by atoms with E-state index in [9.17, 15) is 13.2 Å². The van der Waals surface area contributed by atoms with Crippen LogP contribution < -0.4 is 14.4 Å². The van der Waals surface area contributed by atoms with Gasteiger partial charge in [0.25, 0.3) is 6.43 Å². The second kappa shape index (κ2) is 14.9. The number of alkyl halides is 2. The molecule has 14 heteroatoms. The molecule has 3 saturated heterocycles. The maximum Gasteiger partial charge on any atom is 0.251 e. The molecule has 6 heterocycles. The average Bonchev–Trinajstić information content (AvgIpc) is 3.91. The molecule has 4 fully saturated rings. The van der Waals surface area contributed by atoms with E-state index in [0.29, 0.717) is 22.9 Å². The van der Waals surface area contributed by atoms with Gasteiger partial charge in [0.2, 0.25) is 0 Å². The van der Waals surface area contributed by atoms with Gasteiger partial charge >= 0.3 is 0 Å². The van der Waals surface area contributed by atoms with Gasteiger partial charge in [-0.1, -0.05) is 0 Å². The van der Waals surface area contributed by atoms with E-state index in [1.54, 1.807) is 11.1 Å². The highest BCUT2D eigenvalue weighted by Crippen LogP contribution is 2.53. The van der Waals surface area contributed by atoms with Crippen LogP contribution in [-0.4, -0.2) is 132 Å². The second-order valence-corrected chi connectivity index (χ2v) is 15.9. The fraction of sp³-hybridized carbons (Fsp3) is 0.615. The normalized spacial score (nSPS) is 23.4. The Morgan fingerprint density at radius 1 is 0.981 bits per heavy atom. The first-order valence-electron chi connectivity index (χ1n) is 19.1. The highest BCUT2D eigenvalue weighted by atomic mass is 19.3. The van der Waals surface area contributed by atoms with Gasteiger partial charge < -0.3 is 28.9 Å². The van der Waals surface area contributed by atoms with Crippen molar-refractivity contribution in [1.29, 1.82) is 0 Å². The molecule has 5 aliphatic rings. The van der Waals surface area contributed by atoms with Gasteiger partial charge in [0.15, 0.2) is 17.3 Å². The summed E-state index contributed by atoms with van der Waals surface area (Å²) in [5, 5.41) is 0. The van der Waals surface area contributed by atoms with Crippen LogP contribution in [0.1, 0.15) is 49.9 Å². The Balaban J connectivity index is 0.876. The quantitative estimate of drug-likeness (QED) is 0.210. The van der Waals surface area contributed by atoms with Crippen LogP contribution in [0.4, 0.5) is 19.0 Å². The number of aromatic nitrogens is 3. The Kier molecular flexibility index (Phi) is 10.3. The maximum absolute atomic E-state index is 14.6. The molecule has 1 aromatic carbocycles. The maximum atomic E-state index is 14.6. The minimum absolute atomic E-state index is 0.134. The molecule has 0 amide bonds. The summed E-state index contributed by atoms with van der Waals surface area (Å²) in [5.74, 6) is 1.85. The smallest absolute Gasteiger partial charge is 0.251 e. The molecule has 3 aromatic rings. The first-order valence-corrected chi connectivity index (χ1v) is 19.1. The molecular weight excluding hydrogens is 685 g/mol. The van der Waals surface area contributed by atoms with E-state index in [2.05, 4.69) is 36.6 Å². The number of ether oxygens (including phenoxy) is 3. The second-order valence-electron chi connectivity index (χ2n) is 15.9. The van der Waals surface area contributed by atoms with Gasteiger partial charge in [-0.25, -0.2) is 23.1 Å². The van der Waals surface area contributed by atoms with Gasteiger partial charge in [-0.05, 0) is 77.5 Å². The molecule has 1 aliphatic carbocycles. The Morgan fingerprint density at radius 2 is 1.75 bits per heavy atom. The number of benzene rings is 1. The number of rotatable bonds is 14. The fourth-order valence-corrected chi connectivity index (χ4v) is 8.80. The summed E-state index contributed by atoms with van der Waals surface area (Å²) in [6.07, 6.45) is 6.57. The van der Waals surface area contributed by atoms with E-state index in [1.165, 1.54) is 36.5 Å². The monoisotopic (exact) mass is 736 g/mol. The lowest BCUT2D eigenvalue weighted by Gasteiger charge is -2.59. The van der Waals surface area contributed by atoms with Crippen molar-refractivity contribution in [1.82, 2.24) is 34.6 Å². The molecule has 286 valence electrons. The van der Waals surface area contributed by atoms with Crippen LogP contribution in [0.2, 0.25) is 0 Å². The molecule has 8 rings (SSSR count). The Hall–Kier alpha value is -3.56. The molecular formula is C39H51F3N8O3. The third kappa shape index (κ3) is 7.71. The molecule has 1 saturated carbocycles. The number of piperazine rings is 1. The van der Waals surface area contributed by atoms with Gasteiger partial charge in [-0.2, -0.15) is 0 Å². The molecule has 0 N–H and O–H groups in total. The minimum atomic E-state index is -2.58. The number of nitrogens with zero attached hydrogens (tertiary/aromatic N) is 8. The summed E-state index contributed by atoms with van der Waals surface area (Å²) < 4.78 is 60.7. The van der Waals surface area contributed by atoms with Crippen molar-refractivity contribution in [2.45, 2.75) is 70.4 Å². The van der Waals surface area contributed by atoms with Crippen molar-refractivity contribution < 1.29 is 27.4 Å². The molecule has 53 heavy (non-hydrogen) atoms. The lowest BCUT2D eigenvalue weighted by Crippen LogP contribution is -2.65. The predicted molar refractivity (Wildman–Crippen MR) is 194 cm³/mol. The lowest BCUT2D eigenvalue weighted by atomic mass is 9.61. The standard InChI is InChI=1S/C39H51F3N8O3/c1-27(2)50(22-36(41)42)39(25-51-39)31-17-28(40)5-6-34(31)53-35-20-43-26-45-37(35)49-23-38(24-49)18-29(19-38)52-33-7-9-44-32-8-12-48(21-30(32)33)11-4-10-47-15-13-46(3)14-16-47/h5-7,9,17,20,26-27,29,36H,4,8,10-16,18-19,21-25H2,1-3H3. The topological polar surface area (TPSA) is 85.9 Å². The summed E-state index contributed by atoms with van der Waals surface area (Å²) in [4.78, 5) is 24.8. The molecule has 1 unspecified atom stereocenters. The molecule has 1 atom stereocenters. The van der Waals surface area contributed by atoms with Crippen molar-refractivity contribution in [2.24, 2.45) is 5.41 Å². The van der Waals surface area contributed by atoms with Crippen molar-refractivity contribution in [3.63, 3.8) is 0 Å². The van der Waals surface area contributed by atoms with Crippen molar-refractivity contribution in [2.75, 3.05) is 84.0 Å². The first kappa shape index (κ1) is 36.4. The minimum Gasteiger partial charge on any atom is -0.490 e. The number of hydrogen-bond donors (Lipinski definition) is 0. The van der Waals surface area contributed by atoms with Crippen LogP contribution in [0.5, 0.6) is 17.2 Å². The molecule has 0 bridgehead atoms. The molecule has 11 nitrogen and oxygen atoms in total. The summed E-state index contributed by atoms with van der Waals surface area (Å²) in [7, 11) is 2.20. The van der Waals surface area contributed by atoms with E-state index in [4.69, 9.17) is 19.2 Å². The Morgan fingerprint density at radius 3 is 2.49 bits per heavy atom. The van der Waals surface area contributed by atoms with E-state index in [1.807, 2.05) is 26.1 Å². The number of epoxide rings is 1. The summed E-state index contributed by atoms with van der Waals surface area (Å²) in [5.41, 5.74) is 1.70. The largest absolute Gasteiger partial charge is 0.490 e. The van der Waals surface area contributed by atoms with Gasteiger partial charge in [-0.15, -0.1) is 0 Å². The van der Waals surface area contributed by atoms with Gasteiger partial charge in [-0.3, -0.25) is 14.8 Å². The van der Waals surface area contributed by atoms with Crippen molar-refractivity contribution in [3.05, 3.63) is 65.6 Å². The van der Waals surface area contributed by atoms with Crippen LogP contribution in [-0.2, 0) is 23.4 Å². The highest BCUT2D eigenvalue weighted by Gasteiger charge is 2.56. The third-order valence-electron chi connectivity index (χ3n) is 11.7. The van der Waals surface area contributed by atoms with E-state index >= 15 is 0 Å². The zero-order valence-electron chi connectivity index (χ0n) is 31.0. The Labute approximate surface area is 310 Å². The van der Waals surface area contributed by atoms with Crippen LogP contribution in [0.25, 0.3) is 0 Å². The predicted octanol–water partition coefficient (Wildman–Crippen LogP) is 5.00. The fourth-order valence-electron chi connectivity index (χ4n) is 8.80.